The maximum atomic E-state index is 5.87. The molecule has 1 unspecified atom stereocenters. The summed E-state index contributed by atoms with van der Waals surface area (Å²) in [5.41, 5.74) is 8.04. The highest BCUT2D eigenvalue weighted by molar-refractivity contribution is 6.30. The van der Waals surface area contributed by atoms with E-state index in [1.165, 1.54) is 11.1 Å². The Bertz CT molecular complexity index is 473. The second-order valence-corrected chi connectivity index (χ2v) is 5.47. The largest absolute Gasteiger partial charge is 0.384 e. The zero-order chi connectivity index (χ0) is 14.4. The molecule has 1 heterocycles. The normalized spacial score (nSPS) is 12.3. The summed E-state index contributed by atoms with van der Waals surface area (Å²) in [5.74, 6) is 0.572. The van der Waals surface area contributed by atoms with Gasteiger partial charge in [0.15, 0.2) is 0 Å². The Hall–Kier alpha value is -1.58. The Kier molecular flexibility index (Phi) is 5.39. The molecule has 2 aromatic rings. The van der Waals surface area contributed by atoms with Crippen molar-refractivity contribution in [3.63, 3.8) is 0 Å². The third-order valence-corrected chi connectivity index (χ3v) is 3.53. The van der Waals surface area contributed by atoms with Gasteiger partial charge in [-0.15, -0.1) is 0 Å². The van der Waals surface area contributed by atoms with Gasteiger partial charge in [0, 0.05) is 23.8 Å². The summed E-state index contributed by atoms with van der Waals surface area (Å²) in [5, 5.41) is 4.29. The lowest BCUT2D eigenvalue weighted by Crippen LogP contribution is -2.25. The van der Waals surface area contributed by atoms with E-state index in [1.54, 1.807) is 0 Å². The van der Waals surface area contributed by atoms with Crippen LogP contribution in [0.2, 0.25) is 5.02 Å². The molecule has 0 fully saturated rings. The second kappa shape index (κ2) is 7.27. The highest BCUT2D eigenvalue weighted by Crippen LogP contribution is 2.10. The number of nitrogen functional groups attached to an aromatic ring is 1. The van der Waals surface area contributed by atoms with Gasteiger partial charge in [0.05, 0.1) is 0 Å². The number of anilines is 1. The van der Waals surface area contributed by atoms with E-state index in [1.807, 2.05) is 42.6 Å². The fraction of sp³-hybridized carbons (Fsp3) is 0.312. The Morgan fingerprint density at radius 2 is 1.85 bits per heavy atom. The van der Waals surface area contributed by atoms with Crippen molar-refractivity contribution >= 4 is 17.4 Å². The van der Waals surface area contributed by atoms with Crippen LogP contribution in [0.5, 0.6) is 0 Å². The van der Waals surface area contributed by atoms with Gasteiger partial charge in [0.1, 0.15) is 5.82 Å². The minimum Gasteiger partial charge on any atom is -0.384 e. The fourth-order valence-electron chi connectivity index (χ4n) is 1.96. The molecule has 3 nitrogen and oxygen atoms in total. The van der Waals surface area contributed by atoms with Crippen LogP contribution in [-0.4, -0.2) is 11.0 Å². The summed E-state index contributed by atoms with van der Waals surface area (Å²) in [6.07, 6.45) is 3.92. The van der Waals surface area contributed by atoms with E-state index in [0.29, 0.717) is 11.9 Å². The molecule has 1 aromatic carbocycles. The van der Waals surface area contributed by atoms with Crippen LogP contribution < -0.4 is 11.1 Å². The molecule has 4 heteroatoms. The van der Waals surface area contributed by atoms with E-state index in [9.17, 15) is 0 Å². The van der Waals surface area contributed by atoms with Crippen molar-refractivity contribution in [3.8, 4) is 0 Å². The molecular formula is C16H20ClN3. The molecule has 0 bridgehead atoms. The first-order valence-electron chi connectivity index (χ1n) is 6.82. The summed E-state index contributed by atoms with van der Waals surface area (Å²) < 4.78 is 0. The third-order valence-electron chi connectivity index (χ3n) is 3.28. The van der Waals surface area contributed by atoms with Gasteiger partial charge in [-0.05, 0) is 49.1 Å². The van der Waals surface area contributed by atoms with Crippen LogP contribution in [0.3, 0.4) is 0 Å². The van der Waals surface area contributed by atoms with Gasteiger partial charge in [0.25, 0.3) is 0 Å². The van der Waals surface area contributed by atoms with Crippen LogP contribution in [0.15, 0.2) is 42.6 Å². The minimum atomic E-state index is 0.447. The predicted octanol–water partition coefficient (Wildman–Crippen LogP) is 3.43. The quantitative estimate of drug-likeness (QED) is 0.856. The van der Waals surface area contributed by atoms with Crippen molar-refractivity contribution in [2.75, 3.05) is 5.73 Å². The van der Waals surface area contributed by atoms with Crippen molar-refractivity contribution in [3.05, 3.63) is 58.7 Å². The molecular weight excluding hydrogens is 270 g/mol. The van der Waals surface area contributed by atoms with Gasteiger partial charge in [-0.1, -0.05) is 29.8 Å². The number of hydrogen-bond donors (Lipinski definition) is 2. The van der Waals surface area contributed by atoms with Crippen LogP contribution in [0.1, 0.15) is 24.5 Å². The standard InChI is InChI=1S/C16H20ClN3/c1-12(2-3-13-6-9-16(18)20-11-13)19-10-14-4-7-15(17)8-5-14/h4-9,11-12,19H,2-3,10H2,1H3,(H2,18,20). The predicted molar refractivity (Wildman–Crippen MR) is 84.7 cm³/mol. The zero-order valence-electron chi connectivity index (χ0n) is 11.6. The van der Waals surface area contributed by atoms with Gasteiger partial charge in [-0.3, -0.25) is 0 Å². The molecule has 0 radical (unpaired) electrons. The number of nitrogens with two attached hydrogens (primary N) is 1. The molecule has 1 atom stereocenters. The van der Waals surface area contributed by atoms with Gasteiger partial charge in [-0.25, -0.2) is 4.98 Å². The molecule has 0 saturated carbocycles. The lowest BCUT2D eigenvalue weighted by molar-refractivity contribution is 0.514. The number of halogens is 1. The molecule has 0 aliphatic rings. The second-order valence-electron chi connectivity index (χ2n) is 5.04. The molecule has 0 aliphatic carbocycles. The number of hydrogen-bond acceptors (Lipinski definition) is 3. The number of nitrogens with zero attached hydrogens (tertiary/aromatic N) is 1. The van der Waals surface area contributed by atoms with E-state index in [2.05, 4.69) is 17.2 Å². The minimum absolute atomic E-state index is 0.447. The molecule has 2 rings (SSSR count). The van der Waals surface area contributed by atoms with E-state index >= 15 is 0 Å². The Morgan fingerprint density at radius 3 is 2.50 bits per heavy atom. The summed E-state index contributed by atoms with van der Waals surface area (Å²) in [6.45, 7) is 3.05. The van der Waals surface area contributed by atoms with Crippen LogP contribution in [0.4, 0.5) is 5.82 Å². The average Bonchev–Trinajstić information content (AvgIpc) is 2.46. The van der Waals surface area contributed by atoms with E-state index in [-0.39, 0.29) is 0 Å². The zero-order valence-corrected chi connectivity index (χ0v) is 12.4. The molecule has 0 aliphatic heterocycles. The topological polar surface area (TPSA) is 50.9 Å². The molecule has 106 valence electrons. The number of benzene rings is 1. The number of pyridine rings is 1. The number of rotatable bonds is 6. The first-order chi connectivity index (χ1) is 9.63. The van der Waals surface area contributed by atoms with Gasteiger partial charge in [-0.2, -0.15) is 0 Å². The van der Waals surface area contributed by atoms with Crippen molar-refractivity contribution in [2.24, 2.45) is 0 Å². The number of nitrogens with one attached hydrogen (secondary N) is 1. The lowest BCUT2D eigenvalue weighted by atomic mass is 10.1. The molecule has 0 saturated heterocycles. The summed E-state index contributed by atoms with van der Waals surface area (Å²) >= 11 is 5.87. The monoisotopic (exact) mass is 289 g/mol. The molecule has 0 spiro atoms. The Morgan fingerprint density at radius 1 is 1.15 bits per heavy atom. The van der Waals surface area contributed by atoms with Gasteiger partial charge >= 0.3 is 0 Å². The first-order valence-corrected chi connectivity index (χ1v) is 7.19. The molecule has 20 heavy (non-hydrogen) atoms. The maximum Gasteiger partial charge on any atom is 0.123 e. The third kappa shape index (κ3) is 4.83. The van der Waals surface area contributed by atoms with Crippen LogP contribution in [0, 0.1) is 0 Å². The number of aromatic nitrogens is 1. The molecule has 1 aromatic heterocycles. The summed E-state index contributed by atoms with van der Waals surface area (Å²) in [7, 11) is 0. The molecule has 0 amide bonds. The highest BCUT2D eigenvalue weighted by Gasteiger charge is 2.03. The summed E-state index contributed by atoms with van der Waals surface area (Å²) in [4.78, 5) is 4.10. The maximum absolute atomic E-state index is 5.87. The molecule has 3 N–H and O–H groups in total. The van der Waals surface area contributed by atoms with Crippen LogP contribution in [-0.2, 0) is 13.0 Å². The van der Waals surface area contributed by atoms with E-state index in [4.69, 9.17) is 17.3 Å². The first kappa shape index (κ1) is 14.8. The van der Waals surface area contributed by atoms with Crippen LogP contribution in [0.25, 0.3) is 0 Å². The fourth-order valence-corrected chi connectivity index (χ4v) is 2.09. The number of aryl methyl sites for hydroxylation is 1. The van der Waals surface area contributed by atoms with Crippen molar-refractivity contribution < 1.29 is 0 Å². The smallest absolute Gasteiger partial charge is 0.123 e. The SMILES string of the molecule is CC(CCc1ccc(N)nc1)NCc1ccc(Cl)cc1. The van der Waals surface area contributed by atoms with Crippen molar-refractivity contribution in [2.45, 2.75) is 32.4 Å². The van der Waals surface area contributed by atoms with Gasteiger partial charge < -0.3 is 11.1 Å². The van der Waals surface area contributed by atoms with E-state index in [0.717, 1.165) is 24.4 Å². The van der Waals surface area contributed by atoms with E-state index < -0.39 is 0 Å². The van der Waals surface area contributed by atoms with Crippen molar-refractivity contribution in [1.82, 2.24) is 10.3 Å². The Labute approximate surface area is 125 Å². The van der Waals surface area contributed by atoms with Crippen molar-refractivity contribution in [1.29, 1.82) is 0 Å². The van der Waals surface area contributed by atoms with Crippen LogP contribution >= 0.6 is 11.6 Å². The lowest BCUT2D eigenvalue weighted by Gasteiger charge is -2.14. The Balaban J connectivity index is 1.73. The summed E-state index contributed by atoms with van der Waals surface area (Å²) in [6, 6.07) is 12.3. The van der Waals surface area contributed by atoms with Gasteiger partial charge in [0.2, 0.25) is 0 Å². The highest BCUT2D eigenvalue weighted by atomic mass is 35.5. The average molecular weight is 290 g/mol.